The summed E-state index contributed by atoms with van der Waals surface area (Å²) >= 11 is 0. The Morgan fingerprint density at radius 2 is 1.50 bits per heavy atom. The van der Waals surface area contributed by atoms with Crippen LogP contribution in [0.25, 0.3) is 0 Å². The molecule has 1 fully saturated rings. The van der Waals surface area contributed by atoms with E-state index in [1.165, 1.54) is 0 Å². The molecule has 10 heavy (non-hydrogen) atoms. The molecule has 1 rings (SSSR count). The van der Waals surface area contributed by atoms with Crippen LogP contribution in [0.15, 0.2) is 0 Å². The summed E-state index contributed by atoms with van der Waals surface area (Å²) in [6, 6.07) is 0. The molecule has 1 saturated heterocycles. The monoisotopic (exact) mass is 148 g/mol. The molecule has 0 amide bonds. The molecule has 0 aromatic rings. The maximum atomic E-state index is 8.59. The number of hydrogen-bond acceptors (Lipinski definition) is 4. The van der Waals surface area contributed by atoms with Gasteiger partial charge in [0, 0.05) is 0 Å². The van der Waals surface area contributed by atoms with Crippen LogP contribution in [0, 0.1) is 0 Å². The average molecular weight is 148 g/mol. The van der Waals surface area contributed by atoms with Crippen molar-refractivity contribution in [1.82, 2.24) is 0 Å². The van der Waals surface area contributed by atoms with Crippen molar-refractivity contribution in [2.24, 2.45) is 0 Å². The van der Waals surface area contributed by atoms with E-state index in [4.69, 9.17) is 19.7 Å². The highest BCUT2D eigenvalue weighted by atomic mass is 16.8. The summed E-state index contributed by atoms with van der Waals surface area (Å²) in [5.74, 6) is 0. The highest BCUT2D eigenvalue weighted by Crippen LogP contribution is 2.19. The lowest BCUT2D eigenvalue weighted by Crippen LogP contribution is -2.26. The number of aliphatic hydroxyl groups excluding tert-OH is 1. The second kappa shape index (κ2) is 2.84. The summed E-state index contributed by atoms with van der Waals surface area (Å²) in [6.45, 7) is 3.65. The summed E-state index contributed by atoms with van der Waals surface area (Å²) in [4.78, 5) is 0. The molecule has 1 heterocycles. The predicted octanol–water partition coefficient (Wildman–Crippen LogP) is -0.553. The van der Waals surface area contributed by atoms with Crippen molar-refractivity contribution in [3.8, 4) is 0 Å². The number of rotatable bonds is 1. The molecule has 0 bridgehead atoms. The van der Waals surface area contributed by atoms with Crippen molar-refractivity contribution in [2.75, 3.05) is 0 Å². The zero-order valence-corrected chi connectivity index (χ0v) is 6.02. The minimum atomic E-state index is -1.53. The second-order valence-corrected chi connectivity index (χ2v) is 2.46. The Bertz CT molecular complexity index is 104. The molecule has 0 aromatic carbocycles. The van der Waals surface area contributed by atoms with Crippen molar-refractivity contribution in [3.63, 3.8) is 0 Å². The first-order valence-electron chi connectivity index (χ1n) is 3.28. The fraction of sp³-hybridized carbons (Fsp3) is 1.00. The molecule has 0 spiro atoms. The Morgan fingerprint density at radius 3 is 1.70 bits per heavy atom. The third-order valence-electron chi connectivity index (χ3n) is 1.60. The SMILES string of the molecule is CC1OC(C(O)O)OC1C. The van der Waals surface area contributed by atoms with Gasteiger partial charge < -0.3 is 19.7 Å². The van der Waals surface area contributed by atoms with Gasteiger partial charge in [0.25, 0.3) is 0 Å². The van der Waals surface area contributed by atoms with Gasteiger partial charge in [-0.25, -0.2) is 0 Å². The van der Waals surface area contributed by atoms with E-state index < -0.39 is 12.6 Å². The van der Waals surface area contributed by atoms with Crippen LogP contribution in [0.2, 0.25) is 0 Å². The molecule has 2 unspecified atom stereocenters. The van der Waals surface area contributed by atoms with E-state index in [1.807, 2.05) is 13.8 Å². The van der Waals surface area contributed by atoms with Gasteiger partial charge in [-0.1, -0.05) is 0 Å². The van der Waals surface area contributed by atoms with Gasteiger partial charge in [0.05, 0.1) is 12.2 Å². The van der Waals surface area contributed by atoms with Crippen molar-refractivity contribution < 1.29 is 19.7 Å². The van der Waals surface area contributed by atoms with Gasteiger partial charge in [-0.3, -0.25) is 0 Å². The molecule has 1 aliphatic rings. The number of aliphatic hydroxyl groups is 2. The topological polar surface area (TPSA) is 58.9 Å². The molecule has 4 nitrogen and oxygen atoms in total. The van der Waals surface area contributed by atoms with Crippen LogP contribution < -0.4 is 0 Å². The lowest BCUT2D eigenvalue weighted by atomic mass is 10.3. The summed E-state index contributed by atoms with van der Waals surface area (Å²) in [7, 11) is 0. The standard InChI is InChI=1S/C6H12O4/c1-3-4(2)10-6(9-3)5(7)8/h3-8H,1-2H3. The minimum Gasteiger partial charge on any atom is -0.364 e. The molecule has 0 aliphatic carbocycles. The van der Waals surface area contributed by atoms with Crippen molar-refractivity contribution >= 4 is 0 Å². The molecule has 0 aromatic heterocycles. The molecule has 2 atom stereocenters. The van der Waals surface area contributed by atoms with Crippen LogP contribution in [-0.2, 0) is 9.47 Å². The fourth-order valence-electron chi connectivity index (χ4n) is 0.817. The van der Waals surface area contributed by atoms with Crippen molar-refractivity contribution in [2.45, 2.75) is 38.6 Å². The zero-order valence-electron chi connectivity index (χ0n) is 6.02. The molecular weight excluding hydrogens is 136 g/mol. The van der Waals surface area contributed by atoms with Gasteiger partial charge in [0.15, 0.2) is 0 Å². The molecule has 1 aliphatic heterocycles. The normalized spacial score (nSPS) is 41.1. The quantitative estimate of drug-likeness (QED) is 0.490. The second-order valence-electron chi connectivity index (χ2n) is 2.46. The van der Waals surface area contributed by atoms with Crippen LogP contribution >= 0.6 is 0 Å². The third-order valence-corrected chi connectivity index (χ3v) is 1.60. The Morgan fingerprint density at radius 1 is 1.10 bits per heavy atom. The maximum absolute atomic E-state index is 8.59. The average Bonchev–Trinajstić information content (AvgIpc) is 2.13. The van der Waals surface area contributed by atoms with Crippen molar-refractivity contribution in [3.05, 3.63) is 0 Å². The highest BCUT2D eigenvalue weighted by molar-refractivity contribution is 4.69. The van der Waals surface area contributed by atoms with Gasteiger partial charge in [0.2, 0.25) is 12.6 Å². The smallest absolute Gasteiger partial charge is 0.209 e. The Balaban J connectivity index is 2.41. The van der Waals surface area contributed by atoms with Crippen LogP contribution in [0.1, 0.15) is 13.8 Å². The largest absolute Gasteiger partial charge is 0.364 e. The van der Waals surface area contributed by atoms with Gasteiger partial charge >= 0.3 is 0 Å². The first kappa shape index (κ1) is 7.94. The Labute approximate surface area is 59.4 Å². The van der Waals surface area contributed by atoms with Crippen LogP contribution in [0.3, 0.4) is 0 Å². The maximum Gasteiger partial charge on any atom is 0.209 e. The molecule has 4 heteroatoms. The predicted molar refractivity (Wildman–Crippen MR) is 33.1 cm³/mol. The lowest BCUT2D eigenvalue weighted by molar-refractivity contribution is -0.213. The third kappa shape index (κ3) is 1.46. The Hall–Kier alpha value is -0.160. The van der Waals surface area contributed by atoms with E-state index in [9.17, 15) is 0 Å². The van der Waals surface area contributed by atoms with Gasteiger partial charge in [-0.2, -0.15) is 0 Å². The lowest BCUT2D eigenvalue weighted by Gasteiger charge is -2.10. The summed E-state index contributed by atoms with van der Waals surface area (Å²) in [6.07, 6.45) is -2.53. The molecular formula is C6H12O4. The number of hydrogen-bond donors (Lipinski definition) is 2. The minimum absolute atomic E-state index is 0.0631. The molecule has 0 radical (unpaired) electrons. The molecule has 0 saturated carbocycles. The fourth-order valence-corrected chi connectivity index (χ4v) is 0.817. The Kier molecular flexibility index (Phi) is 2.25. The molecule has 2 N–H and O–H groups in total. The van der Waals surface area contributed by atoms with Crippen LogP contribution in [0.5, 0.6) is 0 Å². The van der Waals surface area contributed by atoms with E-state index in [1.54, 1.807) is 0 Å². The van der Waals surface area contributed by atoms with Gasteiger partial charge in [0.1, 0.15) is 0 Å². The van der Waals surface area contributed by atoms with Crippen LogP contribution in [-0.4, -0.2) is 35.0 Å². The summed E-state index contributed by atoms with van der Waals surface area (Å²) in [5, 5.41) is 17.2. The number of ether oxygens (including phenoxy) is 2. The van der Waals surface area contributed by atoms with Gasteiger partial charge in [-0.05, 0) is 13.8 Å². The highest BCUT2D eigenvalue weighted by Gasteiger charge is 2.33. The molecule has 60 valence electrons. The van der Waals surface area contributed by atoms with E-state index >= 15 is 0 Å². The zero-order chi connectivity index (χ0) is 7.72. The van der Waals surface area contributed by atoms with E-state index in [-0.39, 0.29) is 12.2 Å². The van der Waals surface area contributed by atoms with E-state index in [0.29, 0.717) is 0 Å². The van der Waals surface area contributed by atoms with Crippen LogP contribution in [0.4, 0.5) is 0 Å². The van der Waals surface area contributed by atoms with Crippen molar-refractivity contribution in [1.29, 1.82) is 0 Å². The van der Waals surface area contributed by atoms with E-state index in [2.05, 4.69) is 0 Å². The van der Waals surface area contributed by atoms with Gasteiger partial charge in [-0.15, -0.1) is 0 Å². The summed E-state index contributed by atoms with van der Waals surface area (Å²) in [5.41, 5.74) is 0. The first-order valence-corrected chi connectivity index (χ1v) is 3.28. The van der Waals surface area contributed by atoms with E-state index in [0.717, 1.165) is 0 Å². The summed E-state index contributed by atoms with van der Waals surface area (Å²) < 4.78 is 10.0. The first-order chi connectivity index (χ1) is 4.61.